The van der Waals surface area contributed by atoms with Crippen molar-refractivity contribution in [1.82, 2.24) is 10.2 Å². The van der Waals surface area contributed by atoms with Gasteiger partial charge in [-0.1, -0.05) is 20.8 Å². The molecule has 1 saturated heterocycles. The molecule has 2 aliphatic rings. The molecule has 1 heterocycles. The highest BCUT2D eigenvalue weighted by molar-refractivity contribution is 5.84. The molecule has 0 aromatic heterocycles. The second kappa shape index (κ2) is 4.60. The zero-order chi connectivity index (χ0) is 12.6. The van der Waals surface area contributed by atoms with E-state index >= 15 is 0 Å². The number of hydrogen-bond donors (Lipinski definition) is 1. The van der Waals surface area contributed by atoms with Gasteiger partial charge >= 0.3 is 0 Å². The largest absolute Gasteiger partial charge is 0.323 e. The first-order valence-electron chi connectivity index (χ1n) is 7.03. The van der Waals surface area contributed by atoms with Crippen molar-refractivity contribution in [3.63, 3.8) is 0 Å². The van der Waals surface area contributed by atoms with E-state index in [1.165, 1.54) is 25.7 Å². The van der Waals surface area contributed by atoms with E-state index in [0.717, 1.165) is 6.42 Å². The topological polar surface area (TPSA) is 32.3 Å². The normalized spacial score (nSPS) is 34.4. The minimum absolute atomic E-state index is 0.00915. The molecule has 1 saturated carbocycles. The van der Waals surface area contributed by atoms with Crippen LogP contribution in [0.15, 0.2) is 0 Å². The molecule has 1 aliphatic carbocycles. The summed E-state index contributed by atoms with van der Waals surface area (Å²) in [6.07, 6.45) is 6.10. The standard InChI is InChI=1S/C14H26N2O/c1-5-12-15-10(2)13(17)16(12)11-6-8-14(3,4)9-7-11/h10-12,15H,5-9H2,1-4H3. The van der Waals surface area contributed by atoms with E-state index in [-0.39, 0.29) is 12.2 Å². The minimum Gasteiger partial charge on any atom is -0.323 e. The first kappa shape index (κ1) is 12.9. The highest BCUT2D eigenvalue weighted by atomic mass is 16.2. The Morgan fingerprint density at radius 1 is 1.35 bits per heavy atom. The van der Waals surface area contributed by atoms with Gasteiger partial charge in [0.2, 0.25) is 5.91 Å². The van der Waals surface area contributed by atoms with Gasteiger partial charge in [-0.2, -0.15) is 0 Å². The lowest BCUT2D eigenvalue weighted by atomic mass is 9.75. The van der Waals surface area contributed by atoms with Crippen molar-refractivity contribution in [1.29, 1.82) is 0 Å². The van der Waals surface area contributed by atoms with E-state index < -0.39 is 0 Å². The fourth-order valence-corrected chi connectivity index (χ4v) is 3.23. The lowest BCUT2D eigenvalue weighted by molar-refractivity contribution is -0.133. The predicted molar refractivity (Wildman–Crippen MR) is 69.6 cm³/mol. The van der Waals surface area contributed by atoms with Crippen molar-refractivity contribution >= 4 is 5.91 Å². The van der Waals surface area contributed by atoms with Gasteiger partial charge in [-0.15, -0.1) is 0 Å². The molecule has 1 amide bonds. The summed E-state index contributed by atoms with van der Waals surface area (Å²) in [6.45, 7) is 8.82. The van der Waals surface area contributed by atoms with Crippen LogP contribution in [0.2, 0.25) is 0 Å². The second-order valence-corrected chi connectivity index (χ2v) is 6.45. The predicted octanol–water partition coefficient (Wildman–Crippen LogP) is 2.51. The summed E-state index contributed by atoms with van der Waals surface area (Å²) in [5, 5.41) is 3.40. The van der Waals surface area contributed by atoms with Crippen LogP contribution in [-0.2, 0) is 4.79 Å². The van der Waals surface area contributed by atoms with E-state index in [1.807, 2.05) is 6.92 Å². The van der Waals surface area contributed by atoms with Crippen molar-refractivity contribution in [2.45, 2.75) is 78.0 Å². The summed E-state index contributed by atoms with van der Waals surface area (Å²) in [5.74, 6) is 0.307. The molecule has 1 aliphatic heterocycles. The third-order valence-corrected chi connectivity index (χ3v) is 4.49. The third kappa shape index (κ3) is 2.49. The zero-order valence-corrected chi connectivity index (χ0v) is 11.6. The lowest BCUT2D eigenvalue weighted by Crippen LogP contribution is -2.46. The van der Waals surface area contributed by atoms with Crippen molar-refractivity contribution in [2.24, 2.45) is 5.41 Å². The summed E-state index contributed by atoms with van der Waals surface area (Å²) in [4.78, 5) is 14.3. The molecule has 0 radical (unpaired) electrons. The first-order chi connectivity index (χ1) is 7.94. The molecule has 0 spiro atoms. The molecule has 2 fully saturated rings. The van der Waals surface area contributed by atoms with Crippen LogP contribution < -0.4 is 5.32 Å². The number of carbonyl (C=O) groups excluding carboxylic acids is 1. The second-order valence-electron chi connectivity index (χ2n) is 6.45. The molecule has 98 valence electrons. The fraction of sp³-hybridized carbons (Fsp3) is 0.929. The number of rotatable bonds is 2. The maximum Gasteiger partial charge on any atom is 0.240 e. The van der Waals surface area contributed by atoms with Crippen LogP contribution in [0, 0.1) is 5.41 Å². The highest BCUT2D eigenvalue weighted by Crippen LogP contribution is 2.38. The number of nitrogens with one attached hydrogen (secondary N) is 1. The molecule has 0 bridgehead atoms. The Morgan fingerprint density at radius 3 is 2.47 bits per heavy atom. The molecule has 2 unspecified atom stereocenters. The van der Waals surface area contributed by atoms with E-state index in [4.69, 9.17) is 0 Å². The van der Waals surface area contributed by atoms with Gasteiger partial charge in [-0.3, -0.25) is 10.1 Å². The van der Waals surface area contributed by atoms with E-state index in [1.54, 1.807) is 0 Å². The van der Waals surface area contributed by atoms with Gasteiger partial charge in [0.05, 0.1) is 12.2 Å². The highest BCUT2D eigenvalue weighted by Gasteiger charge is 2.41. The van der Waals surface area contributed by atoms with Gasteiger partial charge in [0.25, 0.3) is 0 Å². The molecule has 3 heteroatoms. The Bertz CT molecular complexity index is 291. The molecule has 17 heavy (non-hydrogen) atoms. The Hall–Kier alpha value is -0.570. The summed E-state index contributed by atoms with van der Waals surface area (Å²) in [7, 11) is 0. The molecular weight excluding hydrogens is 212 g/mol. The van der Waals surface area contributed by atoms with Crippen molar-refractivity contribution in [2.75, 3.05) is 0 Å². The van der Waals surface area contributed by atoms with Gasteiger partial charge in [0.15, 0.2) is 0 Å². The van der Waals surface area contributed by atoms with Gasteiger partial charge in [-0.25, -0.2) is 0 Å². The monoisotopic (exact) mass is 238 g/mol. The van der Waals surface area contributed by atoms with Crippen LogP contribution in [0.5, 0.6) is 0 Å². The minimum atomic E-state index is 0.00915. The van der Waals surface area contributed by atoms with Gasteiger partial charge < -0.3 is 4.90 Å². The van der Waals surface area contributed by atoms with Crippen LogP contribution in [-0.4, -0.2) is 29.1 Å². The van der Waals surface area contributed by atoms with Crippen LogP contribution >= 0.6 is 0 Å². The SMILES string of the molecule is CCC1NC(C)C(=O)N1C1CCC(C)(C)CC1. The van der Waals surface area contributed by atoms with Crippen molar-refractivity contribution in [3.05, 3.63) is 0 Å². The van der Waals surface area contributed by atoms with Gasteiger partial charge in [-0.05, 0) is 44.4 Å². The molecule has 2 atom stereocenters. The van der Waals surface area contributed by atoms with Crippen LogP contribution in [0.3, 0.4) is 0 Å². The van der Waals surface area contributed by atoms with E-state index in [9.17, 15) is 4.79 Å². The maximum absolute atomic E-state index is 12.2. The van der Waals surface area contributed by atoms with Crippen LogP contribution in [0.25, 0.3) is 0 Å². The number of hydrogen-bond acceptors (Lipinski definition) is 2. The maximum atomic E-state index is 12.2. The Balaban J connectivity index is 2.04. The molecule has 0 aromatic carbocycles. The fourth-order valence-electron chi connectivity index (χ4n) is 3.23. The summed E-state index contributed by atoms with van der Waals surface area (Å²) in [5.41, 5.74) is 0.472. The summed E-state index contributed by atoms with van der Waals surface area (Å²) in [6, 6.07) is 0.479. The zero-order valence-electron chi connectivity index (χ0n) is 11.6. The number of nitrogens with zero attached hydrogens (tertiary/aromatic N) is 1. The van der Waals surface area contributed by atoms with E-state index in [0.29, 0.717) is 17.4 Å². The Morgan fingerprint density at radius 2 is 1.94 bits per heavy atom. The van der Waals surface area contributed by atoms with Crippen molar-refractivity contribution < 1.29 is 4.79 Å². The Labute approximate surface area is 105 Å². The van der Waals surface area contributed by atoms with Gasteiger partial charge in [0.1, 0.15) is 0 Å². The molecular formula is C14H26N2O. The smallest absolute Gasteiger partial charge is 0.240 e. The summed E-state index contributed by atoms with van der Waals surface area (Å²) >= 11 is 0. The first-order valence-corrected chi connectivity index (χ1v) is 7.03. The molecule has 3 nitrogen and oxygen atoms in total. The van der Waals surface area contributed by atoms with Crippen molar-refractivity contribution in [3.8, 4) is 0 Å². The number of amides is 1. The van der Waals surface area contributed by atoms with Crippen LogP contribution in [0.4, 0.5) is 0 Å². The number of carbonyl (C=O) groups is 1. The molecule has 1 N–H and O–H groups in total. The van der Waals surface area contributed by atoms with Gasteiger partial charge in [0, 0.05) is 6.04 Å². The van der Waals surface area contributed by atoms with Crippen LogP contribution in [0.1, 0.15) is 59.8 Å². The van der Waals surface area contributed by atoms with E-state index in [2.05, 4.69) is 31.0 Å². The molecule has 2 rings (SSSR count). The average Bonchev–Trinajstić information content (AvgIpc) is 2.56. The summed E-state index contributed by atoms with van der Waals surface area (Å²) < 4.78 is 0. The average molecular weight is 238 g/mol. The quantitative estimate of drug-likeness (QED) is 0.801. The Kier molecular flexibility index (Phi) is 3.48. The lowest BCUT2D eigenvalue weighted by Gasteiger charge is -2.40. The third-order valence-electron chi connectivity index (χ3n) is 4.49. The molecule has 0 aromatic rings.